The third-order valence-electron chi connectivity index (χ3n) is 3.30. The highest BCUT2D eigenvalue weighted by atomic mass is 79.9. The summed E-state index contributed by atoms with van der Waals surface area (Å²) in [7, 11) is 0. The highest BCUT2D eigenvalue weighted by Gasteiger charge is 2.21. The number of hydrogen-bond acceptors (Lipinski definition) is 1. The van der Waals surface area contributed by atoms with Crippen LogP contribution in [0.2, 0.25) is 5.02 Å². The first-order valence-corrected chi connectivity index (χ1v) is 7.15. The van der Waals surface area contributed by atoms with E-state index in [1.165, 1.54) is 12.1 Å². The van der Waals surface area contributed by atoms with Crippen molar-refractivity contribution in [2.75, 3.05) is 0 Å². The molecule has 20 heavy (non-hydrogen) atoms. The summed E-state index contributed by atoms with van der Waals surface area (Å²) in [6.07, 6.45) is 0. The molecule has 0 radical (unpaired) electrons. The first kappa shape index (κ1) is 15.4. The van der Waals surface area contributed by atoms with Gasteiger partial charge >= 0.3 is 0 Å². The van der Waals surface area contributed by atoms with Gasteiger partial charge in [0.2, 0.25) is 0 Å². The van der Waals surface area contributed by atoms with Crippen molar-refractivity contribution in [2.24, 2.45) is 5.73 Å². The van der Waals surface area contributed by atoms with Gasteiger partial charge < -0.3 is 5.73 Å². The van der Waals surface area contributed by atoms with Gasteiger partial charge in [-0.1, -0.05) is 33.6 Å². The summed E-state index contributed by atoms with van der Waals surface area (Å²) in [5, 5.41) is 0.405. The molecule has 1 atom stereocenters. The van der Waals surface area contributed by atoms with Gasteiger partial charge in [0, 0.05) is 15.1 Å². The van der Waals surface area contributed by atoms with Crippen LogP contribution in [0, 0.1) is 25.5 Å². The lowest BCUT2D eigenvalue weighted by Crippen LogP contribution is -2.16. The molecule has 0 aliphatic carbocycles. The second-order valence-electron chi connectivity index (χ2n) is 4.72. The van der Waals surface area contributed by atoms with E-state index in [9.17, 15) is 8.78 Å². The topological polar surface area (TPSA) is 26.0 Å². The predicted octanol–water partition coefficient (Wildman–Crippen LogP) is 5.05. The maximum Gasteiger partial charge on any atom is 0.132 e. The predicted molar refractivity (Wildman–Crippen MR) is 81.0 cm³/mol. The van der Waals surface area contributed by atoms with E-state index in [-0.39, 0.29) is 5.56 Å². The molecule has 1 nitrogen and oxygen atoms in total. The van der Waals surface area contributed by atoms with E-state index < -0.39 is 17.7 Å². The third kappa shape index (κ3) is 2.87. The van der Waals surface area contributed by atoms with E-state index in [2.05, 4.69) is 15.9 Å². The fourth-order valence-electron chi connectivity index (χ4n) is 2.05. The van der Waals surface area contributed by atoms with Crippen molar-refractivity contribution >= 4 is 27.5 Å². The van der Waals surface area contributed by atoms with Gasteiger partial charge in [-0.15, -0.1) is 0 Å². The molecular formula is C15H13BrClF2N. The minimum Gasteiger partial charge on any atom is -0.320 e. The smallest absolute Gasteiger partial charge is 0.132 e. The third-order valence-corrected chi connectivity index (χ3v) is 4.09. The number of aryl methyl sites for hydroxylation is 2. The van der Waals surface area contributed by atoms with Crippen LogP contribution < -0.4 is 5.73 Å². The minimum absolute atomic E-state index is 0.182. The van der Waals surface area contributed by atoms with Crippen molar-refractivity contribution in [1.29, 1.82) is 0 Å². The van der Waals surface area contributed by atoms with Crippen molar-refractivity contribution in [3.05, 3.63) is 67.6 Å². The molecule has 2 N–H and O–H groups in total. The molecule has 0 aliphatic heterocycles. The second-order valence-corrected chi connectivity index (χ2v) is 6.04. The van der Waals surface area contributed by atoms with E-state index in [4.69, 9.17) is 17.3 Å². The van der Waals surface area contributed by atoms with Crippen LogP contribution in [0.5, 0.6) is 0 Å². The maximum absolute atomic E-state index is 14.0. The number of nitrogens with two attached hydrogens (primary N) is 1. The maximum atomic E-state index is 14.0. The first-order valence-electron chi connectivity index (χ1n) is 5.98. The molecule has 0 amide bonds. The standard InChI is InChI=1S/C15H13BrClF2N/c1-7-3-10(11(17)4-8(7)2)15(20)14-12(18)5-9(16)6-13(14)19/h3-6,15H,20H2,1-2H3. The molecule has 0 heterocycles. The Hall–Kier alpha value is -0.970. The van der Waals surface area contributed by atoms with E-state index in [1.807, 2.05) is 13.8 Å². The lowest BCUT2D eigenvalue weighted by Gasteiger charge is -2.17. The molecule has 0 saturated carbocycles. The van der Waals surface area contributed by atoms with Crippen LogP contribution in [0.4, 0.5) is 8.78 Å². The largest absolute Gasteiger partial charge is 0.320 e. The molecule has 2 aromatic rings. The zero-order valence-corrected chi connectivity index (χ0v) is 13.3. The van der Waals surface area contributed by atoms with Crippen molar-refractivity contribution in [3.8, 4) is 0 Å². The van der Waals surface area contributed by atoms with Gasteiger partial charge in [-0.2, -0.15) is 0 Å². The molecular weight excluding hydrogens is 348 g/mol. The van der Waals surface area contributed by atoms with Gasteiger partial charge in [0.1, 0.15) is 11.6 Å². The molecule has 1 unspecified atom stereocenters. The van der Waals surface area contributed by atoms with Crippen LogP contribution in [0.3, 0.4) is 0 Å². The number of halogens is 4. The average Bonchev–Trinajstić information content (AvgIpc) is 2.32. The van der Waals surface area contributed by atoms with E-state index in [0.29, 0.717) is 15.1 Å². The summed E-state index contributed by atoms with van der Waals surface area (Å²) in [5.74, 6) is -1.39. The van der Waals surface area contributed by atoms with Crippen LogP contribution in [-0.4, -0.2) is 0 Å². The Labute approximate surface area is 129 Å². The number of benzene rings is 2. The molecule has 0 spiro atoms. The second kappa shape index (κ2) is 5.80. The highest BCUT2D eigenvalue weighted by Crippen LogP contribution is 2.32. The Balaban J connectivity index is 2.57. The average molecular weight is 361 g/mol. The fourth-order valence-corrected chi connectivity index (χ4v) is 2.79. The zero-order valence-electron chi connectivity index (χ0n) is 11.0. The van der Waals surface area contributed by atoms with Crippen molar-refractivity contribution in [1.82, 2.24) is 0 Å². The van der Waals surface area contributed by atoms with Crippen molar-refractivity contribution in [3.63, 3.8) is 0 Å². The minimum atomic E-state index is -0.949. The summed E-state index contributed by atoms with van der Waals surface area (Å²) in [4.78, 5) is 0. The van der Waals surface area contributed by atoms with Crippen LogP contribution >= 0.6 is 27.5 Å². The zero-order chi connectivity index (χ0) is 15.0. The Morgan fingerprint density at radius 2 is 1.55 bits per heavy atom. The fraction of sp³-hybridized carbons (Fsp3) is 0.200. The molecule has 0 aromatic heterocycles. The van der Waals surface area contributed by atoms with Gasteiger partial charge in [-0.05, 0) is 48.7 Å². The SMILES string of the molecule is Cc1cc(Cl)c(C(N)c2c(F)cc(Br)cc2F)cc1C. The quantitative estimate of drug-likeness (QED) is 0.797. The van der Waals surface area contributed by atoms with Crippen molar-refractivity contribution < 1.29 is 8.78 Å². The van der Waals surface area contributed by atoms with Gasteiger partial charge in [0.15, 0.2) is 0 Å². The van der Waals surface area contributed by atoms with Gasteiger partial charge in [-0.25, -0.2) is 8.78 Å². The van der Waals surface area contributed by atoms with Gasteiger partial charge in [-0.3, -0.25) is 0 Å². The lowest BCUT2D eigenvalue weighted by molar-refractivity contribution is 0.542. The molecule has 5 heteroatoms. The van der Waals surface area contributed by atoms with Crippen LogP contribution in [0.15, 0.2) is 28.7 Å². The molecule has 0 fully saturated rings. The molecule has 2 aromatic carbocycles. The van der Waals surface area contributed by atoms with E-state index >= 15 is 0 Å². The molecule has 0 bridgehead atoms. The van der Waals surface area contributed by atoms with Crippen LogP contribution in [0.25, 0.3) is 0 Å². The van der Waals surface area contributed by atoms with Crippen LogP contribution in [-0.2, 0) is 0 Å². The van der Waals surface area contributed by atoms with Gasteiger partial charge in [0.05, 0.1) is 6.04 Å². The Morgan fingerprint density at radius 3 is 2.10 bits per heavy atom. The molecule has 0 saturated heterocycles. The van der Waals surface area contributed by atoms with E-state index in [1.54, 1.807) is 12.1 Å². The summed E-state index contributed by atoms with van der Waals surface area (Å²) >= 11 is 9.19. The summed E-state index contributed by atoms with van der Waals surface area (Å²) in [6.45, 7) is 3.81. The monoisotopic (exact) mass is 359 g/mol. The molecule has 106 valence electrons. The van der Waals surface area contributed by atoms with Crippen LogP contribution in [0.1, 0.15) is 28.3 Å². The number of rotatable bonds is 2. The summed E-state index contributed by atoms with van der Waals surface area (Å²) in [5.41, 5.74) is 8.31. The molecule has 0 aliphatic rings. The lowest BCUT2D eigenvalue weighted by atomic mass is 9.95. The first-order chi connectivity index (χ1) is 9.31. The normalized spacial score (nSPS) is 12.6. The summed E-state index contributed by atoms with van der Waals surface area (Å²) < 4.78 is 28.3. The Bertz CT molecular complexity index is 650. The highest BCUT2D eigenvalue weighted by molar-refractivity contribution is 9.10. The van der Waals surface area contributed by atoms with E-state index in [0.717, 1.165) is 11.1 Å². The Morgan fingerprint density at radius 1 is 1.05 bits per heavy atom. The molecule has 2 rings (SSSR count). The Kier molecular flexibility index (Phi) is 4.47. The van der Waals surface area contributed by atoms with Gasteiger partial charge in [0.25, 0.3) is 0 Å². The number of hydrogen-bond donors (Lipinski definition) is 1. The summed E-state index contributed by atoms with van der Waals surface area (Å²) in [6, 6.07) is 4.94. The van der Waals surface area contributed by atoms with Crippen molar-refractivity contribution in [2.45, 2.75) is 19.9 Å².